The molecule has 0 spiro atoms. The zero-order chi connectivity index (χ0) is 14.5. The Morgan fingerprint density at radius 2 is 1.90 bits per heavy atom. The number of nitrogens with zero attached hydrogens (tertiary/aromatic N) is 4. The van der Waals surface area contributed by atoms with Crippen molar-refractivity contribution in [3.63, 3.8) is 0 Å². The van der Waals surface area contributed by atoms with Crippen LogP contribution < -0.4 is 20.9 Å². The zero-order valence-electron chi connectivity index (χ0n) is 11.8. The number of nitrogen functional groups attached to an aromatic ring is 1. The number of aromatic nitrogens is 3. The third-order valence-corrected chi connectivity index (χ3v) is 2.82. The summed E-state index contributed by atoms with van der Waals surface area (Å²) in [5, 5.41) is 0. The summed E-state index contributed by atoms with van der Waals surface area (Å²) in [6, 6.07) is 8.33. The molecule has 0 atom stereocenters. The minimum absolute atomic E-state index is 0.216. The number of nitrogens with one attached hydrogen (secondary N) is 1. The van der Waals surface area contributed by atoms with Crippen LogP contribution in [0.2, 0.25) is 0 Å². The third-order valence-electron chi connectivity index (χ3n) is 2.82. The van der Waals surface area contributed by atoms with Crippen LogP contribution in [0.25, 0.3) is 0 Å². The summed E-state index contributed by atoms with van der Waals surface area (Å²) in [4.78, 5) is 14.4. The van der Waals surface area contributed by atoms with Crippen LogP contribution in [-0.4, -0.2) is 28.6 Å². The molecular weight excluding hydrogens is 256 g/mol. The van der Waals surface area contributed by atoms with Crippen molar-refractivity contribution in [2.45, 2.75) is 13.8 Å². The van der Waals surface area contributed by atoms with E-state index in [2.05, 4.69) is 20.4 Å². The normalized spacial score (nSPS) is 10.2. The van der Waals surface area contributed by atoms with Gasteiger partial charge in [-0.15, -0.1) is 0 Å². The molecule has 7 heteroatoms. The molecule has 0 aliphatic carbocycles. The molecule has 20 heavy (non-hydrogen) atoms. The Bertz CT molecular complexity index is 549. The lowest BCUT2D eigenvalue weighted by Crippen LogP contribution is -2.21. The van der Waals surface area contributed by atoms with Gasteiger partial charge in [-0.25, -0.2) is 5.84 Å². The van der Waals surface area contributed by atoms with Crippen LogP contribution in [0.5, 0.6) is 6.01 Å². The summed E-state index contributed by atoms with van der Waals surface area (Å²) in [6.45, 7) is 4.77. The molecular formula is C13H18N6O. The fourth-order valence-corrected chi connectivity index (χ4v) is 1.79. The molecule has 0 aliphatic heterocycles. The van der Waals surface area contributed by atoms with Gasteiger partial charge in [-0.05, 0) is 26.0 Å². The third kappa shape index (κ3) is 2.94. The van der Waals surface area contributed by atoms with Gasteiger partial charge in [0, 0.05) is 12.2 Å². The number of hydrazine groups is 1. The topological polar surface area (TPSA) is 89.2 Å². The Kier molecular flexibility index (Phi) is 4.31. The summed E-state index contributed by atoms with van der Waals surface area (Å²) in [6.07, 6.45) is 0. The lowest BCUT2D eigenvalue weighted by Gasteiger charge is -2.21. The quantitative estimate of drug-likeness (QED) is 0.632. The largest absolute Gasteiger partial charge is 0.467 e. The van der Waals surface area contributed by atoms with Gasteiger partial charge < -0.3 is 9.64 Å². The van der Waals surface area contributed by atoms with E-state index >= 15 is 0 Å². The number of methoxy groups -OCH3 is 1. The lowest BCUT2D eigenvalue weighted by molar-refractivity contribution is 0.379. The molecule has 1 aromatic carbocycles. The summed E-state index contributed by atoms with van der Waals surface area (Å²) in [5.41, 5.74) is 4.60. The smallest absolute Gasteiger partial charge is 0.322 e. The maximum atomic E-state index is 5.37. The van der Waals surface area contributed by atoms with Crippen LogP contribution >= 0.6 is 0 Å². The van der Waals surface area contributed by atoms with Crippen LogP contribution in [0.1, 0.15) is 12.5 Å². The van der Waals surface area contributed by atoms with E-state index in [0.29, 0.717) is 12.5 Å². The van der Waals surface area contributed by atoms with Crippen LogP contribution in [0.15, 0.2) is 24.3 Å². The van der Waals surface area contributed by atoms with Gasteiger partial charge in [-0.1, -0.05) is 17.7 Å². The molecule has 0 unspecified atom stereocenters. The number of rotatable bonds is 5. The number of ether oxygens (including phenoxy) is 1. The highest BCUT2D eigenvalue weighted by molar-refractivity contribution is 5.58. The molecule has 0 saturated carbocycles. The first-order chi connectivity index (χ1) is 9.67. The van der Waals surface area contributed by atoms with Crippen LogP contribution in [0.3, 0.4) is 0 Å². The first-order valence-electron chi connectivity index (χ1n) is 6.28. The van der Waals surface area contributed by atoms with E-state index < -0.39 is 0 Å². The minimum atomic E-state index is 0.216. The average molecular weight is 274 g/mol. The predicted octanol–water partition coefficient (Wildman–Crippen LogP) is 1.63. The van der Waals surface area contributed by atoms with E-state index in [9.17, 15) is 0 Å². The molecule has 0 aliphatic rings. The van der Waals surface area contributed by atoms with Gasteiger partial charge in [0.1, 0.15) is 0 Å². The van der Waals surface area contributed by atoms with Gasteiger partial charge in [-0.2, -0.15) is 15.0 Å². The van der Waals surface area contributed by atoms with Crippen molar-refractivity contribution < 1.29 is 4.74 Å². The highest BCUT2D eigenvalue weighted by atomic mass is 16.5. The van der Waals surface area contributed by atoms with E-state index in [0.717, 1.165) is 5.69 Å². The Morgan fingerprint density at radius 1 is 1.20 bits per heavy atom. The van der Waals surface area contributed by atoms with Gasteiger partial charge >= 0.3 is 6.01 Å². The molecule has 1 heterocycles. The fraction of sp³-hybridized carbons (Fsp3) is 0.308. The SMILES string of the molecule is CCN(c1ccc(C)cc1)c1nc(NN)nc(OC)n1. The standard InChI is InChI=1S/C13H18N6O/c1-4-19(10-7-5-9(2)6-8-10)12-15-11(18-14)16-13(17-12)20-3/h5-8H,4,14H2,1-3H3,(H,15,16,17,18). The van der Waals surface area contributed by atoms with E-state index in [-0.39, 0.29) is 12.0 Å². The minimum Gasteiger partial charge on any atom is -0.467 e. The molecule has 2 rings (SSSR count). The van der Waals surface area contributed by atoms with Crippen molar-refractivity contribution in [3.8, 4) is 6.01 Å². The molecule has 0 amide bonds. The van der Waals surface area contributed by atoms with Gasteiger partial charge in [0.15, 0.2) is 0 Å². The maximum absolute atomic E-state index is 5.37. The highest BCUT2D eigenvalue weighted by Gasteiger charge is 2.14. The molecule has 2 aromatic rings. The first-order valence-corrected chi connectivity index (χ1v) is 6.28. The van der Waals surface area contributed by atoms with E-state index in [1.165, 1.54) is 12.7 Å². The zero-order valence-corrected chi connectivity index (χ0v) is 11.8. The number of aryl methyl sites for hydroxylation is 1. The Balaban J connectivity index is 2.42. The average Bonchev–Trinajstić information content (AvgIpc) is 2.49. The number of nitrogens with two attached hydrogens (primary N) is 1. The van der Waals surface area contributed by atoms with Gasteiger partial charge in [-0.3, -0.25) is 5.43 Å². The molecule has 3 N–H and O–H groups in total. The first kappa shape index (κ1) is 14.0. The summed E-state index contributed by atoms with van der Waals surface area (Å²) in [7, 11) is 1.50. The van der Waals surface area contributed by atoms with Crippen molar-refractivity contribution in [1.29, 1.82) is 0 Å². The van der Waals surface area contributed by atoms with E-state index in [1.54, 1.807) is 0 Å². The molecule has 106 valence electrons. The molecule has 1 aromatic heterocycles. The predicted molar refractivity (Wildman–Crippen MR) is 78.0 cm³/mol. The Hall–Kier alpha value is -2.41. The van der Waals surface area contributed by atoms with Crippen molar-refractivity contribution in [1.82, 2.24) is 15.0 Å². The summed E-state index contributed by atoms with van der Waals surface area (Å²) < 4.78 is 5.06. The summed E-state index contributed by atoms with van der Waals surface area (Å²) >= 11 is 0. The summed E-state index contributed by atoms with van der Waals surface area (Å²) in [5.74, 6) is 6.11. The number of anilines is 3. The van der Waals surface area contributed by atoms with Crippen molar-refractivity contribution in [2.24, 2.45) is 5.84 Å². The molecule has 0 fully saturated rings. The highest BCUT2D eigenvalue weighted by Crippen LogP contribution is 2.24. The second kappa shape index (κ2) is 6.16. The molecule has 0 saturated heterocycles. The van der Waals surface area contributed by atoms with Gasteiger partial charge in [0.2, 0.25) is 11.9 Å². The maximum Gasteiger partial charge on any atom is 0.322 e. The van der Waals surface area contributed by atoms with Crippen LogP contribution in [0, 0.1) is 6.92 Å². The van der Waals surface area contributed by atoms with Gasteiger partial charge in [0.25, 0.3) is 0 Å². The molecule has 0 radical (unpaired) electrons. The van der Waals surface area contributed by atoms with Crippen molar-refractivity contribution in [3.05, 3.63) is 29.8 Å². The van der Waals surface area contributed by atoms with Crippen LogP contribution in [-0.2, 0) is 0 Å². The molecule has 0 bridgehead atoms. The lowest BCUT2D eigenvalue weighted by atomic mass is 10.2. The van der Waals surface area contributed by atoms with E-state index in [1.807, 2.05) is 43.0 Å². The van der Waals surface area contributed by atoms with Crippen molar-refractivity contribution >= 4 is 17.6 Å². The van der Waals surface area contributed by atoms with Crippen LogP contribution in [0.4, 0.5) is 17.6 Å². The fourth-order valence-electron chi connectivity index (χ4n) is 1.79. The van der Waals surface area contributed by atoms with E-state index in [4.69, 9.17) is 10.6 Å². The Labute approximate surface area is 117 Å². The number of hydrogen-bond acceptors (Lipinski definition) is 7. The van der Waals surface area contributed by atoms with Crippen molar-refractivity contribution in [2.75, 3.05) is 24.0 Å². The number of hydrogen-bond donors (Lipinski definition) is 2. The van der Waals surface area contributed by atoms with Gasteiger partial charge in [0.05, 0.1) is 7.11 Å². The second-order valence-corrected chi connectivity index (χ2v) is 4.17. The Morgan fingerprint density at radius 3 is 2.45 bits per heavy atom. The number of benzene rings is 1. The monoisotopic (exact) mass is 274 g/mol. The second-order valence-electron chi connectivity index (χ2n) is 4.17. The molecule has 7 nitrogen and oxygen atoms in total.